The Morgan fingerprint density at radius 2 is 1.84 bits per heavy atom. The second kappa shape index (κ2) is 11.2. The highest BCUT2D eigenvalue weighted by Crippen LogP contribution is 2.57. The van der Waals surface area contributed by atoms with Crippen LogP contribution in [0.25, 0.3) is 22.2 Å². The summed E-state index contributed by atoms with van der Waals surface area (Å²) in [6.07, 6.45) is -6.23. The van der Waals surface area contributed by atoms with E-state index in [1.807, 2.05) is 0 Å². The smallest absolute Gasteiger partial charge is 0.386 e. The Kier molecular flexibility index (Phi) is 7.63. The van der Waals surface area contributed by atoms with Gasteiger partial charge < -0.3 is 49.7 Å². The standard InChI is InChI=1S/C21H25N9O11P2S/c22-15-10-17(25-5-24-15)30(6-26-10)19-12(32)13-9(39-19)4-37-43(35,44)41-14-11(31)8(3-36-42(34)40-13)38-20(14)29-2-1-7-16(29)27-21(23)28-18(7)33/h1-2,5-6,8-9,11-14,19-20,31-32,34H,3-4H2,(H,35,44)(H2,22,24,25)(H3,23,27,28,33). The second-order valence-corrected chi connectivity index (χ2v) is 13.9. The molecule has 3 fully saturated rings. The molecule has 20 nitrogen and oxygen atoms in total. The van der Waals surface area contributed by atoms with Gasteiger partial charge in [-0.3, -0.25) is 23.4 Å². The first-order valence-corrected chi connectivity index (χ1v) is 16.7. The molecular weight excluding hydrogens is 648 g/mol. The summed E-state index contributed by atoms with van der Waals surface area (Å²) < 4.78 is 50.6. The largest absolute Gasteiger partial charge is 0.387 e. The first-order chi connectivity index (χ1) is 21.0. The zero-order valence-electron chi connectivity index (χ0n) is 22.1. The fourth-order valence-electron chi connectivity index (χ4n) is 5.35. The molecule has 0 amide bonds. The van der Waals surface area contributed by atoms with Gasteiger partial charge in [0, 0.05) is 6.20 Å². The van der Waals surface area contributed by atoms with Gasteiger partial charge in [0.15, 0.2) is 29.6 Å². The number of anilines is 2. The monoisotopic (exact) mass is 673 g/mol. The van der Waals surface area contributed by atoms with Crippen LogP contribution in [-0.2, 0) is 32.1 Å². The van der Waals surface area contributed by atoms with Crippen molar-refractivity contribution < 1.29 is 47.2 Å². The fraction of sp³-hybridized carbons (Fsp3) is 0.476. The molecule has 7 rings (SSSR count). The maximum absolute atomic E-state index is 13.5. The van der Waals surface area contributed by atoms with Crippen LogP contribution in [0.3, 0.4) is 0 Å². The summed E-state index contributed by atoms with van der Waals surface area (Å²) in [6, 6.07) is 1.45. The number of hydrogen-bond donors (Lipinski definition) is 7. The van der Waals surface area contributed by atoms with Crippen molar-refractivity contribution in [3.05, 3.63) is 35.3 Å². The van der Waals surface area contributed by atoms with Crippen LogP contribution in [0.5, 0.6) is 0 Å². The van der Waals surface area contributed by atoms with E-state index in [4.69, 9.17) is 39.0 Å². The van der Waals surface area contributed by atoms with Gasteiger partial charge in [0.05, 0.1) is 24.9 Å². The number of thiol groups is 1. The lowest BCUT2D eigenvalue weighted by Crippen LogP contribution is -2.35. The minimum atomic E-state index is -4.31. The zero-order valence-corrected chi connectivity index (χ0v) is 24.8. The number of H-pyrrole nitrogens is 1. The van der Waals surface area contributed by atoms with E-state index in [1.54, 1.807) is 0 Å². The summed E-state index contributed by atoms with van der Waals surface area (Å²) >= 11 is 4.10. The van der Waals surface area contributed by atoms with Gasteiger partial charge in [-0.2, -0.15) is 4.98 Å². The number of aliphatic hydroxyl groups excluding tert-OH is 2. The molecule has 8 N–H and O–H groups in total. The summed E-state index contributed by atoms with van der Waals surface area (Å²) in [4.78, 5) is 41.8. The maximum Gasteiger partial charge on any atom is 0.386 e. The number of ether oxygens (including phenoxy) is 2. The molecule has 4 aromatic heterocycles. The molecule has 3 saturated heterocycles. The SMILES string of the molecule is Nc1nc2c(ccn2C2OC3COP(O)OC4C(COP(=O)(S)OC2C3O)OC(n2cnc3c(N)ncnc32)C4O)c(=O)[nH]1. The number of rotatable bonds is 2. The number of nitrogen functional groups attached to an aromatic ring is 2. The molecule has 23 heteroatoms. The molecule has 0 aliphatic carbocycles. The van der Waals surface area contributed by atoms with Crippen LogP contribution in [0, 0.1) is 0 Å². The lowest BCUT2D eigenvalue weighted by atomic mass is 10.1. The summed E-state index contributed by atoms with van der Waals surface area (Å²) in [7, 11) is -2.69. The van der Waals surface area contributed by atoms with Crippen LogP contribution in [0.2, 0.25) is 0 Å². The quantitative estimate of drug-likeness (QED) is 0.102. The summed E-state index contributed by atoms with van der Waals surface area (Å²) in [5.41, 5.74) is 11.7. The zero-order chi connectivity index (χ0) is 30.9. The highest BCUT2D eigenvalue weighted by atomic mass is 32.7. The van der Waals surface area contributed by atoms with Crippen molar-refractivity contribution in [3.63, 3.8) is 0 Å². The van der Waals surface area contributed by atoms with Gasteiger partial charge in [-0.15, -0.1) is 0 Å². The molecule has 10 unspecified atom stereocenters. The Morgan fingerprint density at radius 1 is 1.05 bits per heavy atom. The number of aliphatic hydroxyl groups is 2. The molecule has 7 heterocycles. The van der Waals surface area contributed by atoms with E-state index in [2.05, 4.69) is 37.2 Å². The van der Waals surface area contributed by atoms with Gasteiger partial charge in [0.2, 0.25) is 5.95 Å². The molecule has 0 radical (unpaired) electrons. The third-order valence-electron chi connectivity index (χ3n) is 7.38. The molecule has 3 aliphatic heterocycles. The molecule has 0 saturated carbocycles. The van der Waals surface area contributed by atoms with Crippen LogP contribution in [0.15, 0.2) is 29.7 Å². The third-order valence-corrected chi connectivity index (χ3v) is 9.78. The van der Waals surface area contributed by atoms with E-state index in [0.29, 0.717) is 0 Å². The van der Waals surface area contributed by atoms with Gasteiger partial charge in [0.1, 0.15) is 48.5 Å². The number of nitrogens with two attached hydrogens (primary N) is 2. The van der Waals surface area contributed by atoms with Crippen LogP contribution in [0.4, 0.5) is 11.8 Å². The van der Waals surface area contributed by atoms with Crippen LogP contribution in [-0.4, -0.2) is 99.0 Å². The number of nitrogens with zero attached hydrogens (tertiary/aromatic N) is 6. The van der Waals surface area contributed by atoms with Crippen molar-refractivity contribution in [3.8, 4) is 0 Å². The van der Waals surface area contributed by atoms with Gasteiger partial charge in [-0.05, 0) is 6.07 Å². The minimum Gasteiger partial charge on any atom is -0.387 e. The average molecular weight is 673 g/mol. The number of nitrogens with one attached hydrogen (secondary N) is 1. The average Bonchev–Trinajstić information content (AvgIpc) is 3.72. The molecule has 0 spiro atoms. The number of aromatic nitrogens is 7. The normalized spacial score (nSPS) is 36.6. The fourth-order valence-corrected chi connectivity index (χ4v) is 7.62. The molecule has 4 aromatic rings. The minimum absolute atomic E-state index is 0.101. The summed E-state index contributed by atoms with van der Waals surface area (Å²) in [5, 5.41) is 22.5. The topological polar surface area (TPSA) is 279 Å². The Bertz CT molecular complexity index is 1820. The predicted molar refractivity (Wildman–Crippen MR) is 152 cm³/mol. The lowest BCUT2D eigenvalue weighted by molar-refractivity contribution is -0.0584. The third kappa shape index (κ3) is 5.17. The highest BCUT2D eigenvalue weighted by molar-refractivity contribution is 8.44. The van der Waals surface area contributed by atoms with Gasteiger partial charge in [-0.1, -0.05) is 12.2 Å². The molecular formula is C21H25N9O11P2S. The van der Waals surface area contributed by atoms with Crippen molar-refractivity contribution in [1.29, 1.82) is 0 Å². The van der Waals surface area contributed by atoms with E-state index < -0.39 is 83.3 Å². The van der Waals surface area contributed by atoms with Crippen LogP contribution < -0.4 is 17.0 Å². The molecule has 10 atom stereocenters. The number of hydrogen-bond acceptors (Lipinski definition) is 17. The van der Waals surface area contributed by atoms with Crippen molar-refractivity contribution in [2.75, 3.05) is 24.7 Å². The van der Waals surface area contributed by atoms with Crippen molar-refractivity contribution in [1.82, 2.24) is 34.1 Å². The first-order valence-electron chi connectivity index (χ1n) is 12.9. The van der Waals surface area contributed by atoms with Crippen LogP contribution in [0.1, 0.15) is 12.5 Å². The summed E-state index contributed by atoms with van der Waals surface area (Å²) in [6.45, 7) is -5.24. The molecule has 2 bridgehead atoms. The Morgan fingerprint density at radius 3 is 2.66 bits per heavy atom. The van der Waals surface area contributed by atoms with E-state index in [9.17, 15) is 24.5 Å². The highest BCUT2D eigenvalue weighted by Gasteiger charge is 2.52. The Labute approximate surface area is 251 Å². The molecule has 3 aliphatic rings. The van der Waals surface area contributed by atoms with Gasteiger partial charge in [0.25, 0.3) is 5.56 Å². The number of fused-ring (bicyclic) bond motifs is 5. The van der Waals surface area contributed by atoms with Crippen molar-refractivity contribution in [2.24, 2.45) is 0 Å². The van der Waals surface area contributed by atoms with E-state index in [-0.39, 0.29) is 34.0 Å². The Balaban J connectivity index is 1.18. The first kappa shape index (κ1) is 29.9. The van der Waals surface area contributed by atoms with Crippen molar-refractivity contribution in [2.45, 2.75) is 49.1 Å². The summed E-state index contributed by atoms with van der Waals surface area (Å²) in [5.74, 6) is -0.0573. The number of imidazole rings is 1. The van der Waals surface area contributed by atoms with Crippen molar-refractivity contribution >= 4 is 61.6 Å². The van der Waals surface area contributed by atoms with E-state index in [0.717, 1.165) is 0 Å². The lowest BCUT2D eigenvalue weighted by Gasteiger charge is -2.26. The van der Waals surface area contributed by atoms with Crippen LogP contribution >= 0.6 is 27.6 Å². The second-order valence-electron chi connectivity index (χ2n) is 10.0. The molecule has 44 heavy (non-hydrogen) atoms. The van der Waals surface area contributed by atoms with Gasteiger partial charge in [-0.25, -0.2) is 19.5 Å². The molecule has 0 aromatic carbocycles. The van der Waals surface area contributed by atoms with E-state index in [1.165, 1.54) is 34.1 Å². The number of aromatic amines is 1. The molecule has 236 valence electrons. The maximum atomic E-state index is 13.5. The van der Waals surface area contributed by atoms with E-state index >= 15 is 0 Å². The Hall–Kier alpha value is -2.78. The van der Waals surface area contributed by atoms with Gasteiger partial charge >= 0.3 is 15.4 Å². The predicted octanol–water partition coefficient (Wildman–Crippen LogP) is -0.680.